The van der Waals surface area contributed by atoms with Gasteiger partial charge in [-0.2, -0.15) is 0 Å². The van der Waals surface area contributed by atoms with E-state index >= 15 is 0 Å². The van der Waals surface area contributed by atoms with Crippen LogP contribution in [0.25, 0.3) is 16.8 Å². The van der Waals surface area contributed by atoms with Crippen LogP contribution in [0.5, 0.6) is 0 Å². The molecule has 4 aromatic rings. The zero-order valence-electron chi connectivity index (χ0n) is 19.7. The molecule has 1 aliphatic heterocycles. The van der Waals surface area contributed by atoms with Crippen LogP contribution >= 0.6 is 0 Å². The molecule has 1 saturated heterocycles. The fourth-order valence-electron chi connectivity index (χ4n) is 4.60. The second-order valence-corrected chi connectivity index (χ2v) is 9.15. The maximum atomic E-state index is 12.8. The SMILES string of the molecule is CC(C)c1ccnc(NC(=O)c2ccc(-c3nc([C@@H]4CCCN4C)n4ccnc(N)c34)cc2)c1. The van der Waals surface area contributed by atoms with Crippen LogP contribution in [0.15, 0.2) is 55.0 Å². The fraction of sp³-hybridized carbons (Fsp3) is 0.308. The third-order valence-electron chi connectivity index (χ3n) is 6.54. The van der Waals surface area contributed by atoms with Gasteiger partial charge in [0.15, 0.2) is 0 Å². The first-order valence-corrected chi connectivity index (χ1v) is 11.6. The van der Waals surface area contributed by atoms with E-state index in [9.17, 15) is 4.79 Å². The molecule has 0 aliphatic carbocycles. The summed E-state index contributed by atoms with van der Waals surface area (Å²) in [6.07, 6.45) is 7.55. The van der Waals surface area contributed by atoms with Crippen LogP contribution in [0.2, 0.25) is 0 Å². The van der Waals surface area contributed by atoms with E-state index in [-0.39, 0.29) is 11.9 Å². The minimum atomic E-state index is -0.205. The van der Waals surface area contributed by atoms with Gasteiger partial charge in [0.05, 0.1) is 6.04 Å². The van der Waals surface area contributed by atoms with Crippen LogP contribution < -0.4 is 11.1 Å². The molecule has 8 heteroatoms. The van der Waals surface area contributed by atoms with Gasteiger partial charge in [0, 0.05) is 29.7 Å². The Morgan fingerprint density at radius 1 is 1.15 bits per heavy atom. The second-order valence-electron chi connectivity index (χ2n) is 9.15. The molecule has 3 aromatic heterocycles. The van der Waals surface area contributed by atoms with E-state index in [0.29, 0.717) is 23.1 Å². The van der Waals surface area contributed by atoms with Gasteiger partial charge in [0.1, 0.15) is 28.7 Å². The number of imidazole rings is 1. The Morgan fingerprint density at radius 2 is 1.94 bits per heavy atom. The largest absolute Gasteiger partial charge is 0.382 e. The number of nitrogen functional groups attached to an aromatic ring is 1. The summed E-state index contributed by atoms with van der Waals surface area (Å²) in [7, 11) is 2.13. The molecule has 174 valence electrons. The van der Waals surface area contributed by atoms with Crippen molar-refractivity contribution in [3.63, 3.8) is 0 Å². The van der Waals surface area contributed by atoms with Crippen molar-refractivity contribution < 1.29 is 4.79 Å². The third-order valence-corrected chi connectivity index (χ3v) is 6.54. The maximum Gasteiger partial charge on any atom is 0.256 e. The smallest absolute Gasteiger partial charge is 0.256 e. The highest BCUT2D eigenvalue weighted by Crippen LogP contribution is 2.35. The van der Waals surface area contributed by atoms with E-state index in [4.69, 9.17) is 10.7 Å². The van der Waals surface area contributed by atoms with Gasteiger partial charge in [0.2, 0.25) is 0 Å². The average Bonchev–Trinajstić information content (AvgIpc) is 3.43. The Kier molecular flexibility index (Phi) is 5.75. The first-order valence-electron chi connectivity index (χ1n) is 11.6. The number of amides is 1. The summed E-state index contributed by atoms with van der Waals surface area (Å²) in [4.78, 5) is 28.7. The first-order chi connectivity index (χ1) is 16.4. The molecule has 1 fully saturated rings. The number of aromatic nitrogens is 4. The molecule has 4 heterocycles. The highest BCUT2D eigenvalue weighted by Gasteiger charge is 2.28. The summed E-state index contributed by atoms with van der Waals surface area (Å²) in [5.41, 5.74) is 10.4. The number of hydrogen-bond donors (Lipinski definition) is 2. The number of likely N-dealkylation sites (tertiary alicyclic amines) is 1. The molecule has 1 aromatic carbocycles. The Labute approximate surface area is 198 Å². The molecule has 1 aliphatic rings. The predicted molar refractivity (Wildman–Crippen MR) is 134 cm³/mol. The monoisotopic (exact) mass is 455 g/mol. The van der Waals surface area contributed by atoms with E-state index in [1.165, 1.54) is 0 Å². The van der Waals surface area contributed by atoms with Gasteiger partial charge in [0.25, 0.3) is 5.91 Å². The van der Waals surface area contributed by atoms with Crippen LogP contribution in [-0.2, 0) is 0 Å². The first kappa shape index (κ1) is 22.0. The number of nitrogens with zero attached hydrogens (tertiary/aromatic N) is 5. The van der Waals surface area contributed by atoms with Gasteiger partial charge in [-0.05, 0) is 62.2 Å². The van der Waals surface area contributed by atoms with Crippen molar-refractivity contribution in [2.75, 3.05) is 24.6 Å². The molecule has 1 amide bonds. The lowest BCUT2D eigenvalue weighted by atomic mass is 10.1. The molecule has 0 radical (unpaired) electrons. The number of carbonyl (C=O) groups is 1. The van der Waals surface area contributed by atoms with Crippen LogP contribution in [0.1, 0.15) is 60.4 Å². The molecule has 1 atom stereocenters. The number of rotatable bonds is 5. The summed E-state index contributed by atoms with van der Waals surface area (Å²) >= 11 is 0. The van der Waals surface area contributed by atoms with Gasteiger partial charge >= 0.3 is 0 Å². The number of benzene rings is 1. The van der Waals surface area contributed by atoms with Crippen molar-refractivity contribution in [1.29, 1.82) is 0 Å². The van der Waals surface area contributed by atoms with Gasteiger partial charge in [-0.15, -0.1) is 0 Å². The lowest BCUT2D eigenvalue weighted by Gasteiger charge is -2.18. The predicted octanol–water partition coefficient (Wildman–Crippen LogP) is 4.52. The fourth-order valence-corrected chi connectivity index (χ4v) is 4.60. The summed E-state index contributed by atoms with van der Waals surface area (Å²) in [5.74, 6) is 2.11. The molecule has 5 rings (SSSR count). The van der Waals surface area contributed by atoms with Crippen LogP contribution in [0.4, 0.5) is 11.6 Å². The van der Waals surface area contributed by atoms with E-state index in [1.54, 1.807) is 24.5 Å². The van der Waals surface area contributed by atoms with Crippen LogP contribution in [0, 0.1) is 0 Å². The Bertz CT molecular complexity index is 1340. The number of carbonyl (C=O) groups excluding carboxylic acids is 1. The number of hydrogen-bond acceptors (Lipinski definition) is 6. The van der Waals surface area contributed by atoms with Crippen LogP contribution in [0.3, 0.4) is 0 Å². The van der Waals surface area contributed by atoms with Crippen LogP contribution in [-0.4, -0.2) is 43.8 Å². The molecule has 34 heavy (non-hydrogen) atoms. The molecule has 0 saturated carbocycles. The number of pyridine rings is 1. The number of nitrogens with one attached hydrogen (secondary N) is 1. The quantitative estimate of drug-likeness (QED) is 0.459. The topological polar surface area (TPSA) is 101 Å². The average molecular weight is 456 g/mol. The van der Waals surface area contributed by atoms with Gasteiger partial charge < -0.3 is 11.1 Å². The standard InChI is InChI=1S/C26H29N7O/c1-16(2)19-10-11-28-21(15-19)30-26(34)18-8-6-17(7-9-18)22-23-24(27)29-12-14-33(23)25(31-22)20-5-4-13-32(20)3/h6-12,14-16,20H,4-5,13H2,1-3H3,(H2,27,29)(H,28,30,34)/t20-/m0/s1. The third kappa shape index (κ3) is 4.01. The summed E-state index contributed by atoms with van der Waals surface area (Å²) in [6.45, 7) is 5.27. The summed E-state index contributed by atoms with van der Waals surface area (Å²) in [5, 5.41) is 2.89. The maximum absolute atomic E-state index is 12.8. The highest BCUT2D eigenvalue weighted by atomic mass is 16.1. The molecule has 8 nitrogen and oxygen atoms in total. The minimum Gasteiger partial charge on any atom is -0.382 e. The molecule has 0 unspecified atom stereocenters. The lowest BCUT2D eigenvalue weighted by Crippen LogP contribution is -2.19. The van der Waals surface area contributed by atoms with Crippen molar-refractivity contribution >= 4 is 23.1 Å². The molecule has 0 bridgehead atoms. The lowest BCUT2D eigenvalue weighted by molar-refractivity contribution is 0.102. The van der Waals surface area contributed by atoms with Crippen molar-refractivity contribution in [2.24, 2.45) is 0 Å². The number of fused-ring (bicyclic) bond motifs is 1. The molecular formula is C26H29N7O. The highest BCUT2D eigenvalue weighted by molar-refractivity contribution is 6.04. The van der Waals surface area contributed by atoms with Gasteiger partial charge in [-0.1, -0.05) is 26.0 Å². The normalized spacial score (nSPS) is 16.4. The zero-order valence-corrected chi connectivity index (χ0v) is 19.7. The van der Waals surface area contributed by atoms with Crippen molar-refractivity contribution in [3.05, 3.63) is 71.9 Å². The minimum absolute atomic E-state index is 0.205. The Balaban J connectivity index is 1.45. The van der Waals surface area contributed by atoms with E-state index in [2.05, 4.69) is 45.5 Å². The molecule has 3 N–H and O–H groups in total. The van der Waals surface area contributed by atoms with Crippen molar-refractivity contribution in [2.45, 2.75) is 38.6 Å². The number of nitrogens with two attached hydrogens (primary N) is 1. The van der Waals surface area contributed by atoms with E-state index in [1.807, 2.05) is 30.5 Å². The Morgan fingerprint density at radius 3 is 2.65 bits per heavy atom. The van der Waals surface area contributed by atoms with E-state index in [0.717, 1.165) is 47.5 Å². The Hall–Kier alpha value is -3.78. The summed E-state index contributed by atoms with van der Waals surface area (Å²) in [6, 6.07) is 11.5. The van der Waals surface area contributed by atoms with Crippen molar-refractivity contribution in [3.8, 4) is 11.3 Å². The number of anilines is 2. The van der Waals surface area contributed by atoms with Crippen molar-refractivity contribution in [1.82, 2.24) is 24.3 Å². The van der Waals surface area contributed by atoms with Gasteiger partial charge in [-0.3, -0.25) is 14.1 Å². The summed E-state index contributed by atoms with van der Waals surface area (Å²) < 4.78 is 2.05. The van der Waals surface area contributed by atoms with Gasteiger partial charge in [-0.25, -0.2) is 15.0 Å². The zero-order chi connectivity index (χ0) is 23.8. The van der Waals surface area contributed by atoms with E-state index < -0.39 is 0 Å². The molecule has 0 spiro atoms. The molecular weight excluding hydrogens is 426 g/mol. The second kappa shape index (κ2) is 8.87.